The van der Waals surface area contributed by atoms with Gasteiger partial charge in [0.05, 0.1) is 26.7 Å². The van der Waals surface area contributed by atoms with E-state index < -0.39 is 0 Å². The molecule has 0 aliphatic heterocycles. The van der Waals surface area contributed by atoms with E-state index in [1.54, 1.807) is 37.0 Å². The summed E-state index contributed by atoms with van der Waals surface area (Å²) in [6.07, 6.45) is 0.737. The van der Waals surface area contributed by atoms with E-state index in [4.69, 9.17) is 33.7 Å². The third kappa shape index (κ3) is 3.81. The van der Waals surface area contributed by atoms with Gasteiger partial charge in [0.15, 0.2) is 11.5 Å². The minimum atomic E-state index is -0.291. The van der Waals surface area contributed by atoms with Crippen molar-refractivity contribution in [3.63, 3.8) is 0 Å². The fraction of sp³-hybridized carbons (Fsp3) is 0.389. The average molecular weight is 409 g/mol. The number of hydrogen-bond acceptors (Lipinski definition) is 6. The van der Waals surface area contributed by atoms with E-state index in [1.807, 2.05) is 13.8 Å². The number of methoxy groups -OCH3 is 1. The number of nitrogens with zero attached hydrogens (tertiary/aromatic N) is 4. The number of halogens is 2. The third-order valence-electron chi connectivity index (χ3n) is 4.52. The number of nitrogens with two attached hydrogens (primary N) is 1. The molecule has 0 bridgehead atoms. The highest BCUT2D eigenvalue weighted by molar-refractivity contribution is 6.39. The first-order valence-corrected chi connectivity index (χ1v) is 9.24. The van der Waals surface area contributed by atoms with E-state index in [0.717, 1.165) is 6.42 Å². The Morgan fingerprint density at radius 1 is 1.22 bits per heavy atom. The molecule has 0 radical (unpaired) electrons. The van der Waals surface area contributed by atoms with Crippen molar-refractivity contribution in [3.05, 3.63) is 28.2 Å². The molecule has 3 rings (SSSR count). The molecule has 3 N–H and O–H groups in total. The van der Waals surface area contributed by atoms with Crippen LogP contribution in [0, 0.1) is 0 Å². The number of anilines is 2. The molecule has 0 spiro atoms. The van der Waals surface area contributed by atoms with Crippen molar-refractivity contribution >= 4 is 46.0 Å². The predicted molar refractivity (Wildman–Crippen MR) is 110 cm³/mol. The lowest BCUT2D eigenvalue weighted by Gasteiger charge is -2.22. The molecule has 0 saturated heterocycles. The van der Waals surface area contributed by atoms with Gasteiger partial charge in [0.1, 0.15) is 0 Å². The topological polar surface area (TPSA) is 90.9 Å². The first-order chi connectivity index (χ1) is 12.8. The van der Waals surface area contributed by atoms with Crippen LogP contribution in [-0.4, -0.2) is 39.5 Å². The lowest BCUT2D eigenvalue weighted by Crippen LogP contribution is -2.24. The van der Waals surface area contributed by atoms with Gasteiger partial charge in [-0.15, -0.1) is 0 Å². The molecule has 2 aromatic heterocycles. The summed E-state index contributed by atoms with van der Waals surface area (Å²) in [4.78, 5) is 9.12. The van der Waals surface area contributed by atoms with Crippen LogP contribution in [0.2, 0.25) is 10.0 Å². The molecule has 1 aromatic carbocycles. The van der Waals surface area contributed by atoms with E-state index in [-0.39, 0.29) is 5.60 Å². The zero-order valence-corrected chi connectivity index (χ0v) is 17.2. The molecular formula is C18H22Cl2N6O. The van der Waals surface area contributed by atoms with E-state index in [1.165, 1.54) is 0 Å². The van der Waals surface area contributed by atoms with Crippen LogP contribution < -0.4 is 11.1 Å². The van der Waals surface area contributed by atoms with Gasteiger partial charge in [0, 0.05) is 26.3 Å². The molecule has 7 nitrogen and oxygen atoms in total. The highest BCUT2D eigenvalue weighted by atomic mass is 35.5. The van der Waals surface area contributed by atoms with Crippen molar-refractivity contribution in [3.8, 4) is 11.3 Å². The smallest absolute Gasteiger partial charge is 0.225 e. The van der Waals surface area contributed by atoms with Crippen LogP contribution in [0.5, 0.6) is 0 Å². The number of nitrogen functional groups attached to an aromatic ring is 1. The quantitative estimate of drug-likeness (QED) is 0.633. The van der Waals surface area contributed by atoms with Crippen LogP contribution in [0.15, 0.2) is 18.2 Å². The molecule has 0 amide bonds. The van der Waals surface area contributed by atoms with E-state index in [2.05, 4.69) is 20.4 Å². The average Bonchev–Trinajstić information content (AvgIpc) is 2.95. The summed E-state index contributed by atoms with van der Waals surface area (Å²) in [6.45, 7) is 4.63. The fourth-order valence-electron chi connectivity index (χ4n) is 2.75. The van der Waals surface area contributed by atoms with E-state index in [9.17, 15) is 0 Å². The Bertz CT molecular complexity index is 965. The summed E-state index contributed by atoms with van der Waals surface area (Å²) < 4.78 is 7.26. The first kappa shape index (κ1) is 19.7. The molecule has 144 valence electrons. The van der Waals surface area contributed by atoms with Crippen molar-refractivity contribution in [1.82, 2.24) is 19.7 Å². The van der Waals surface area contributed by atoms with Crippen molar-refractivity contribution in [2.75, 3.05) is 25.2 Å². The summed E-state index contributed by atoms with van der Waals surface area (Å²) >= 11 is 12.8. The Morgan fingerprint density at radius 2 is 1.89 bits per heavy atom. The van der Waals surface area contributed by atoms with Crippen LogP contribution in [0.3, 0.4) is 0 Å². The van der Waals surface area contributed by atoms with Gasteiger partial charge in [0.25, 0.3) is 0 Å². The van der Waals surface area contributed by atoms with Crippen molar-refractivity contribution in [1.29, 1.82) is 0 Å². The number of hydrogen-bond donors (Lipinski definition) is 2. The molecule has 2 heterocycles. The Hall–Kier alpha value is -2.09. The number of ether oxygens (including phenoxy) is 1. The lowest BCUT2D eigenvalue weighted by molar-refractivity contribution is 0.0116. The van der Waals surface area contributed by atoms with Gasteiger partial charge in [-0.3, -0.25) is 0 Å². The normalized spacial score (nSPS) is 11.9. The molecule has 0 aliphatic carbocycles. The highest BCUT2D eigenvalue weighted by Crippen LogP contribution is 2.39. The Morgan fingerprint density at radius 3 is 2.48 bits per heavy atom. The van der Waals surface area contributed by atoms with Crippen LogP contribution in [0.1, 0.15) is 20.3 Å². The standard InChI is InChI=1S/C18H22Cl2N6O/c1-18(2,27-4)8-9-26-16-13(15(21)25-26)14(23-17(22-3)24-16)12-10(19)6-5-7-11(12)20/h5-7H,8-9H2,1-4H3,(H2,21,25)(H,22,23,24). The summed E-state index contributed by atoms with van der Waals surface area (Å²) in [5.41, 5.74) is 7.71. The van der Waals surface area contributed by atoms with Crippen LogP contribution in [0.4, 0.5) is 11.8 Å². The number of aryl methyl sites for hydroxylation is 1. The van der Waals surface area contributed by atoms with E-state index >= 15 is 0 Å². The SMILES string of the molecule is CNc1nc(-c2c(Cl)cccc2Cl)c2c(N)nn(CCC(C)(C)OC)c2n1. The van der Waals surface area contributed by atoms with Gasteiger partial charge < -0.3 is 15.8 Å². The second-order valence-corrected chi connectivity index (χ2v) is 7.58. The van der Waals surface area contributed by atoms with Crippen molar-refractivity contribution in [2.24, 2.45) is 0 Å². The number of benzene rings is 1. The number of rotatable bonds is 6. The highest BCUT2D eigenvalue weighted by Gasteiger charge is 2.23. The Balaban J connectivity index is 2.21. The van der Waals surface area contributed by atoms with Gasteiger partial charge in [-0.1, -0.05) is 29.3 Å². The number of nitrogens with one attached hydrogen (secondary N) is 1. The molecule has 27 heavy (non-hydrogen) atoms. The van der Waals surface area contributed by atoms with Gasteiger partial charge in [-0.05, 0) is 32.4 Å². The lowest BCUT2D eigenvalue weighted by atomic mass is 10.1. The van der Waals surface area contributed by atoms with Crippen molar-refractivity contribution < 1.29 is 4.74 Å². The van der Waals surface area contributed by atoms with Crippen LogP contribution in [0.25, 0.3) is 22.3 Å². The van der Waals surface area contributed by atoms with Gasteiger partial charge in [-0.2, -0.15) is 10.1 Å². The number of aromatic nitrogens is 4. The molecular weight excluding hydrogens is 387 g/mol. The van der Waals surface area contributed by atoms with Crippen LogP contribution in [-0.2, 0) is 11.3 Å². The molecule has 0 fully saturated rings. The first-order valence-electron chi connectivity index (χ1n) is 8.48. The monoisotopic (exact) mass is 408 g/mol. The second-order valence-electron chi connectivity index (χ2n) is 6.76. The summed E-state index contributed by atoms with van der Waals surface area (Å²) in [7, 11) is 3.44. The van der Waals surface area contributed by atoms with Crippen molar-refractivity contribution in [2.45, 2.75) is 32.4 Å². The zero-order chi connectivity index (χ0) is 19.8. The molecule has 0 unspecified atom stereocenters. The second kappa shape index (κ2) is 7.50. The largest absolute Gasteiger partial charge is 0.382 e. The minimum Gasteiger partial charge on any atom is -0.382 e. The summed E-state index contributed by atoms with van der Waals surface area (Å²) in [5.74, 6) is 0.759. The van der Waals surface area contributed by atoms with Gasteiger partial charge in [-0.25, -0.2) is 9.67 Å². The molecule has 0 atom stereocenters. The maximum Gasteiger partial charge on any atom is 0.225 e. The van der Waals surface area contributed by atoms with Gasteiger partial charge >= 0.3 is 0 Å². The molecule has 9 heteroatoms. The predicted octanol–water partition coefficient (Wildman–Crippen LogP) is 4.24. The summed E-state index contributed by atoms with van der Waals surface area (Å²) in [6, 6.07) is 5.31. The maximum atomic E-state index is 6.41. The summed E-state index contributed by atoms with van der Waals surface area (Å²) in [5, 5.41) is 9.04. The van der Waals surface area contributed by atoms with Gasteiger partial charge in [0.2, 0.25) is 5.95 Å². The maximum absolute atomic E-state index is 6.41. The molecule has 0 aliphatic rings. The zero-order valence-electron chi connectivity index (χ0n) is 15.7. The Labute approximate surface area is 167 Å². The fourth-order valence-corrected chi connectivity index (χ4v) is 3.33. The minimum absolute atomic E-state index is 0.291. The van der Waals surface area contributed by atoms with Crippen LogP contribution >= 0.6 is 23.2 Å². The molecule has 3 aromatic rings. The Kier molecular flexibility index (Phi) is 5.46. The number of fused-ring (bicyclic) bond motifs is 1. The molecule has 0 saturated carbocycles. The van der Waals surface area contributed by atoms with E-state index in [0.29, 0.717) is 50.6 Å². The third-order valence-corrected chi connectivity index (χ3v) is 5.15.